The minimum atomic E-state index is 0.274. The van der Waals surface area contributed by atoms with Gasteiger partial charge >= 0.3 is 0 Å². The number of rotatable bonds is 8. The Balaban J connectivity index is 3.33. The fourth-order valence-corrected chi connectivity index (χ4v) is 1.13. The number of hydrogen-bond acceptors (Lipinski definition) is 4. The summed E-state index contributed by atoms with van der Waals surface area (Å²) in [6.45, 7) is 4.74. The zero-order chi connectivity index (χ0) is 11.0. The van der Waals surface area contributed by atoms with E-state index in [1.54, 1.807) is 0 Å². The molecular weight excluding hydrogens is 198 g/mol. The number of nitrogens with zero attached hydrogens (tertiary/aromatic N) is 1. The van der Waals surface area contributed by atoms with Crippen molar-refractivity contribution in [3.63, 3.8) is 0 Å². The lowest BCUT2D eigenvalue weighted by molar-refractivity contribution is -0.161. The van der Waals surface area contributed by atoms with Crippen LogP contribution in [0.5, 0.6) is 0 Å². The molecule has 0 bridgehead atoms. The predicted octanol–water partition coefficient (Wildman–Crippen LogP) is 1.93. The Morgan fingerprint density at radius 2 is 2.07 bits per heavy atom. The summed E-state index contributed by atoms with van der Waals surface area (Å²) in [4.78, 5) is 16.5. The maximum atomic E-state index is 11.1. The van der Waals surface area contributed by atoms with Gasteiger partial charge < -0.3 is 0 Å². The highest BCUT2D eigenvalue weighted by molar-refractivity contribution is 7.80. The van der Waals surface area contributed by atoms with Crippen molar-refractivity contribution in [2.24, 2.45) is 0 Å². The lowest BCUT2D eigenvalue weighted by Gasteiger charge is -2.20. The zero-order valence-electron chi connectivity index (χ0n) is 9.32. The summed E-state index contributed by atoms with van der Waals surface area (Å²) < 4.78 is 0. The van der Waals surface area contributed by atoms with Crippen LogP contribution in [-0.4, -0.2) is 36.3 Å². The quantitative estimate of drug-likeness (QED) is 0.384. The van der Waals surface area contributed by atoms with E-state index in [-0.39, 0.29) is 5.78 Å². The lowest BCUT2D eigenvalue weighted by Crippen LogP contribution is -2.27. The first-order valence-electron chi connectivity index (χ1n) is 5.06. The van der Waals surface area contributed by atoms with Crippen LogP contribution in [-0.2, 0) is 9.63 Å². The van der Waals surface area contributed by atoms with Crippen molar-refractivity contribution in [1.29, 1.82) is 0 Å². The van der Waals surface area contributed by atoms with Crippen LogP contribution in [0, 0.1) is 0 Å². The lowest BCUT2D eigenvalue weighted by atomic mass is 10.2. The van der Waals surface area contributed by atoms with Crippen LogP contribution in [0.3, 0.4) is 0 Å². The first kappa shape index (κ1) is 13.9. The molecule has 14 heavy (non-hydrogen) atoms. The van der Waals surface area contributed by atoms with E-state index in [4.69, 9.17) is 4.84 Å². The molecule has 0 saturated heterocycles. The molecule has 0 aromatic rings. The molecule has 3 nitrogen and oxygen atoms in total. The van der Waals surface area contributed by atoms with Crippen molar-refractivity contribution in [2.75, 3.05) is 19.4 Å². The minimum absolute atomic E-state index is 0.274. The van der Waals surface area contributed by atoms with E-state index in [9.17, 15) is 4.79 Å². The van der Waals surface area contributed by atoms with Gasteiger partial charge in [-0.25, -0.2) is 0 Å². The van der Waals surface area contributed by atoms with Crippen molar-refractivity contribution in [1.82, 2.24) is 5.06 Å². The summed E-state index contributed by atoms with van der Waals surface area (Å²) in [5.41, 5.74) is 0. The highest BCUT2D eigenvalue weighted by atomic mass is 32.1. The van der Waals surface area contributed by atoms with Crippen molar-refractivity contribution in [2.45, 2.75) is 39.2 Å². The van der Waals surface area contributed by atoms with Crippen molar-refractivity contribution in [3.8, 4) is 0 Å². The molecule has 0 heterocycles. The summed E-state index contributed by atoms with van der Waals surface area (Å²) in [5.74, 6) is 0.918. The van der Waals surface area contributed by atoms with Gasteiger partial charge in [-0.15, -0.1) is 0 Å². The molecule has 0 saturated carbocycles. The van der Waals surface area contributed by atoms with Crippen molar-refractivity contribution in [3.05, 3.63) is 0 Å². The Hall–Kier alpha value is -0.0600. The number of carbonyl (C=O) groups is 1. The number of Topliss-reactive ketones (excluding diaryl/α,β-unsaturated/α-hetero) is 1. The Morgan fingerprint density at radius 3 is 2.57 bits per heavy atom. The minimum Gasteiger partial charge on any atom is -0.300 e. The molecule has 0 aliphatic carbocycles. The van der Waals surface area contributed by atoms with Gasteiger partial charge in [-0.1, -0.05) is 0 Å². The van der Waals surface area contributed by atoms with E-state index in [0.717, 1.165) is 6.42 Å². The molecule has 84 valence electrons. The molecule has 0 fully saturated rings. The SMILES string of the molecule is CC(C)N(C)OCCCC(=O)CCS. The molecule has 0 aliphatic heterocycles. The number of carbonyl (C=O) groups excluding carboxylic acids is 1. The van der Waals surface area contributed by atoms with Gasteiger partial charge in [0.15, 0.2) is 0 Å². The predicted molar refractivity (Wildman–Crippen MR) is 61.6 cm³/mol. The van der Waals surface area contributed by atoms with Crippen molar-refractivity contribution < 1.29 is 9.63 Å². The first-order valence-corrected chi connectivity index (χ1v) is 5.69. The number of hydrogen-bond donors (Lipinski definition) is 1. The van der Waals surface area contributed by atoms with Gasteiger partial charge in [-0.3, -0.25) is 9.63 Å². The van der Waals surface area contributed by atoms with Gasteiger partial charge in [0.2, 0.25) is 0 Å². The smallest absolute Gasteiger partial charge is 0.133 e. The molecular formula is C10H21NO2S. The van der Waals surface area contributed by atoms with Crippen LogP contribution in [0.2, 0.25) is 0 Å². The van der Waals surface area contributed by atoms with Crippen LogP contribution in [0.1, 0.15) is 33.1 Å². The molecule has 0 N–H and O–H groups in total. The largest absolute Gasteiger partial charge is 0.300 e. The summed E-state index contributed by atoms with van der Waals surface area (Å²) >= 11 is 4.00. The molecule has 0 amide bonds. The maximum Gasteiger partial charge on any atom is 0.133 e. The average Bonchev–Trinajstić information content (AvgIpc) is 2.12. The third kappa shape index (κ3) is 7.35. The highest BCUT2D eigenvalue weighted by Gasteiger charge is 2.04. The van der Waals surface area contributed by atoms with Crippen molar-refractivity contribution >= 4 is 18.4 Å². The second kappa shape index (κ2) is 8.26. The van der Waals surface area contributed by atoms with Gasteiger partial charge in [-0.05, 0) is 26.0 Å². The number of ketones is 1. The average molecular weight is 219 g/mol. The molecule has 0 spiro atoms. The fraction of sp³-hybridized carbons (Fsp3) is 0.900. The second-order valence-electron chi connectivity index (χ2n) is 3.59. The normalized spacial score (nSPS) is 11.3. The molecule has 0 aliphatic rings. The molecule has 0 aromatic carbocycles. The van der Waals surface area contributed by atoms with Gasteiger partial charge in [-0.2, -0.15) is 17.7 Å². The molecule has 0 rings (SSSR count). The van der Waals surface area contributed by atoms with Crippen LogP contribution >= 0.6 is 12.6 Å². The fourth-order valence-electron chi connectivity index (χ4n) is 0.877. The van der Waals surface area contributed by atoms with E-state index in [1.165, 1.54) is 0 Å². The van der Waals surface area contributed by atoms with Gasteiger partial charge in [0.25, 0.3) is 0 Å². The molecule has 0 atom stereocenters. The zero-order valence-corrected chi connectivity index (χ0v) is 10.2. The van der Waals surface area contributed by atoms with Crippen LogP contribution in [0.4, 0.5) is 0 Å². The Bertz CT molecular complexity index is 162. The third-order valence-electron chi connectivity index (χ3n) is 2.01. The van der Waals surface area contributed by atoms with Crippen LogP contribution < -0.4 is 0 Å². The van der Waals surface area contributed by atoms with E-state index in [0.29, 0.717) is 31.2 Å². The van der Waals surface area contributed by atoms with Gasteiger partial charge in [0, 0.05) is 25.9 Å². The third-order valence-corrected chi connectivity index (χ3v) is 2.24. The van der Waals surface area contributed by atoms with Gasteiger partial charge in [0.05, 0.1) is 6.61 Å². The first-order chi connectivity index (χ1) is 6.57. The van der Waals surface area contributed by atoms with E-state index >= 15 is 0 Å². The Kier molecular flexibility index (Phi) is 8.23. The number of thiol groups is 1. The van der Waals surface area contributed by atoms with Crippen LogP contribution in [0.15, 0.2) is 0 Å². The highest BCUT2D eigenvalue weighted by Crippen LogP contribution is 2.00. The van der Waals surface area contributed by atoms with Crippen LogP contribution in [0.25, 0.3) is 0 Å². The second-order valence-corrected chi connectivity index (χ2v) is 4.04. The molecule has 0 radical (unpaired) electrons. The van der Waals surface area contributed by atoms with E-state index < -0.39 is 0 Å². The Morgan fingerprint density at radius 1 is 1.43 bits per heavy atom. The summed E-state index contributed by atoms with van der Waals surface area (Å²) in [5, 5.41) is 1.81. The molecule has 4 heteroatoms. The standard InChI is InChI=1S/C10H21NO2S/c1-9(2)11(3)13-7-4-5-10(12)6-8-14/h9,14H,4-8H2,1-3H3. The monoisotopic (exact) mass is 219 g/mol. The topological polar surface area (TPSA) is 29.5 Å². The van der Waals surface area contributed by atoms with Gasteiger partial charge in [0.1, 0.15) is 5.78 Å². The summed E-state index contributed by atoms with van der Waals surface area (Å²) in [6.07, 6.45) is 1.97. The van der Waals surface area contributed by atoms with E-state index in [2.05, 4.69) is 26.5 Å². The molecule has 0 unspecified atom stereocenters. The summed E-state index contributed by atoms with van der Waals surface area (Å²) in [6, 6.07) is 0.378. The van der Waals surface area contributed by atoms with E-state index in [1.807, 2.05) is 12.1 Å². The number of hydroxylamine groups is 2. The summed E-state index contributed by atoms with van der Waals surface area (Å²) in [7, 11) is 1.90. The Labute approximate surface area is 92.2 Å². The maximum absolute atomic E-state index is 11.1. The molecule has 0 aromatic heterocycles.